The SMILES string of the molecule is CC1(c2ccc(F)c(F)c2)CCCC1. The highest BCUT2D eigenvalue weighted by atomic mass is 19.2. The molecule has 14 heavy (non-hydrogen) atoms. The van der Waals surface area contributed by atoms with Crippen LogP contribution in [0.3, 0.4) is 0 Å². The van der Waals surface area contributed by atoms with Crippen molar-refractivity contribution in [3.8, 4) is 0 Å². The van der Waals surface area contributed by atoms with Crippen molar-refractivity contribution in [1.29, 1.82) is 0 Å². The topological polar surface area (TPSA) is 0 Å². The number of hydrogen-bond acceptors (Lipinski definition) is 0. The van der Waals surface area contributed by atoms with Crippen LogP contribution in [0.4, 0.5) is 8.78 Å². The van der Waals surface area contributed by atoms with Crippen molar-refractivity contribution in [1.82, 2.24) is 0 Å². The molecule has 0 aromatic heterocycles. The Morgan fingerprint density at radius 2 is 1.71 bits per heavy atom. The summed E-state index contributed by atoms with van der Waals surface area (Å²) >= 11 is 0. The first kappa shape index (κ1) is 9.63. The van der Waals surface area contributed by atoms with Crippen LogP contribution in [0.2, 0.25) is 0 Å². The Bertz CT molecular complexity index is 338. The fourth-order valence-corrected chi connectivity index (χ4v) is 2.32. The van der Waals surface area contributed by atoms with E-state index >= 15 is 0 Å². The Morgan fingerprint density at radius 1 is 1.07 bits per heavy atom. The van der Waals surface area contributed by atoms with Gasteiger partial charge in [0.25, 0.3) is 0 Å². The summed E-state index contributed by atoms with van der Waals surface area (Å²) in [6, 6.07) is 4.29. The van der Waals surface area contributed by atoms with Crippen LogP contribution in [0, 0.1) is 11.6 Å². The van der Waals surface area contributed by atoms with Gasteiger partial charge in [-0.25, -0.2) is 8.78 Å². The predicted molar refractivity (Wildman–Crippen MR) is 52.2 cm³/mol. The van der Waals surface area contributed by atoms with Gasteiger partial charge in [-0.3, -0.25) is 0 Å². The lowest BCUT2D eigenvalue weighted by Gasteiger charge is -2.24. The molecule has 2 rings (SSSR count). The summed E-state index contributed by atoms with van der Waals surface area (Å²) in [4.78, 5) is 0. The first-order valence-corrected chi connectivity index (χ1v) is 5.07. The fourth-order valence-electron chi connectivity index (χ4n) is 2.32. The Kier molecular flexibility index (Phi) is 2.30. The molecule has 0 amide bonds. The van der Waals surface area contributed by atoms with Gasteiger partial charge in [0, 0.05) is 0 Å². The number of rotatable bonds is 1. The van der Waals surface area contributed by atoms with E-state index in [1.807, 2.05) is 0 Å². The number of halogens is 2. The molecule has 0 radical (unpaired) electrons. The van der Waals surface area contributed by atoms with Gasteiger partial charge in [0.15, 0.2) is 11.6 Å². The Labute approximate surface area is 82.9 Å². The zero-order valence-electron chi connectivity index (χ0n) is 8.32. The van der Waals surface area contributed by atoms with Crippen LogP contribution in [0.15, 0.2) is 18.2 Å². The monoisotopic (exact) mass is 196 g/mol. The molecule has 1 aromatic carbocycles. The quantitative estimate of drug-likeness (QED) is 0.641. The molecule has 0 nitrogen and oxygen atoms in total. The summed E-state index contributed by atoms with van der Waals surface area (Å²) in [5, 5.41) is 0. The highest BCUT2D eigenvalue weighted by molar-refractivity contribution is 5.26. The van der Waals surface area contributed by atoms with Gasteiger partial charge in [-0.05, 0) is 36.0 Å². The van der Waals surface area contributed by atoms with Crippen molar-refractivity contribution >= 4 is 0 Å². The van der Waals surface area contributed by atoms with Crippen LogP contribution in [0.5, 0.6) is 0 Å². The average molecular weight is 196 g/mol. The van der Waals surface area contributed by atoms with Crippen molar-refractivity contribution in [2.45, 2.75) is 38.0 Å². The van der Waals surface area contributed by atoms with Crippen LogP contribution in [-0.4, -0.2) is 0 Å². The van der Waals surface area contributed by atoms with Crippen LogP contribution in [0.25, 0.3) is 0 Å². The van der Waals surface area contributed by atoms with Crippen molar-refractivity contribution in [2.24, 2.45) is 0 Å². The molecule has 0 unspecified atom stereocenters. The molecule has 0 bridgehead atoms. The zero-order chi connectivity index (χ0) is 10.2. The molecule has 0 atom stereocenters. The molecule has 0 spiro atoms. The smallest absolute Gasteiger partial charge is 0.159 e. The van der Waals surface area contributed by atoms with Gasteiger partial charge < -0.3 is 0 Å². The van der Waals surface area contributed by atoms with Crippen LogP contribution in [-0.2, 0) is 5.41 Å². The maximum absolute atomic E-state index is 13.0. The highest BCUT2D eigenvalue weighted by Gasteiger charge is 2.30. The van der Waals surface area contributed by atoms with Crippen LogP contribution in [0.1, 0.15) is 38.2 Å². The second kappa shape index (κ2) is 3.34. The molecule has 0 saturated heterocycles. The largest absolute Gasteiger partial charge is 0.204 e. The molecule has 0 aliphatic heterocycles. The molecule has 2 heteroatoms. The van der Waals surface area contributed by atoms with Gasteiger partial charge in [-0.2, -0.15) is 0 Å². The van der Waals surface area contributed by atoms with E-state index in [4.69, 9.17) is 0 Å². The third kappa shape index (κ3) is 1.54. The third-order valence-corrected chi connectivity index (χ3v) is 3.32. The van der Waals surface area contributed by atoms with Gasteiger partial charge in [-0.15, -0.1) is 0 Å². The van der Waals surface area contributed by atoms with E-state index in [0.29, 0.717) is 0 Å². The molecular formula is C12H14F2. The minimum atomic E-state index is -0.754. The minimum absolute atomic E-state index is 0.0640. The lowest BCUT2D eigenvalue weighted by molar-refractivity contribution is 0.471. The second-order valence-corrected chi connectivity index (χ2v) is 4.40. The van der Waals surface area contributed by atoms with E-state index in [2.05, 4.69) is 6.92 Å². The van der Waals surface area contributed by atoms with Crippen molar-refractivity contribution < 1.29 is 8.78 Å². The predicted octanol–water partition coefficient (Wildman–Crippen LogP) is 3.80. The average Bonchev–Trinajstić information content (AvgIpc) is 2.58. The van der Waals surface area contributed by atoms with Crippen molar-refractivity contribution in [2.75, 3.05) is 0 Å². The molecule has 1 aromatic rings. The Morgan fingerprint density at radius 3 is 2.29 bits per heavy atom. The van der Waals surface area contributed by atoms with Crippen LogP contribution < -0.4 is 0 Å². The minimum Gasteiger partial charge on any atom is -0.204 e. The van der Waals surface area contributed by atoms with E-state index in [-0.39, 0.29) is 5.41 Å². The maximum Gasteiger partial charge on any atom is 0.159 e. The van der Waals surface area contributed by atoms with Crippen molar-refractivity contribution in [3.63, 3.8) is 0 Å². The van der Waals surface area contributed by atoms with E-state index in [1.54, 1.807) is 6.07 Å². The summed E-state index contributed by atoms with van der Waals surface area (Å²) in [6.45, 7) is 2.13. The zero-order valence-corrected chi connectivity index (χ0v) is 8.32. The van der Waals surface area contributed by atoms with Gasteiger partial charge in [0.05, 0.1) is 0 Å². The first-order chi connectivity index (χ1) is 6.62. The van der Waals surface area contributed by atoms with E-state index < -0.39 is 11.6 Å². The molecule has 76 valence electrons. The lowest BCUT2D eigenvalue weighted by Crippen LogP contribution is -2.17. The first-order valence-electron chi connectivity index (χ1n) is 5.07. The Hall–Kier alpha value is -0.920. The molecule has 0 N–H and O–H groups in total. The summed E-state index contributed by atoms with van der Waals surface area (Å²) in [6.07, 6.45) is 4.54. The maximum atomic E-state index is 13.0. The summed E-state index contributed by atoms with van der Waals surface area (Å²) in [5.74, 6) is -1.48. The van der Waals surface area contributed by atoms with Crippen LogP contribution >= 0.6 is 0 Å². The molecule has 1 aliphatic rings. The lowest BCUT2D eigenvalue weighted by atomic mass is 9.81. The van der Waals surface area contributed by atoms with Gasteiger partial charge in [0.1, 0.15) is 0 Å². The number of benzene rings is 1. The summed E-state index contributed by atoms with van der Waals surface area (Å²) < 4.78 is 25.8. The number of hydrogen-bond donors (Lipinski definition) is 0. The Balaban J connectivity index is 2.36. The molecule has 1 fully saturated rings. The standard InChI is InChI=1S/C12H14F2/c1-12(6-2-3-7-12)9-4-5-10(13)11(14)8-9/h4-5,8H,2-3,6-7H2,1H3. The highest BCUT2D eigenvalue weighted by Crippen LogP contribution is 2.40. The van der Waals surface area contributed by atoms with E-state index in [0.717, 1.165) is 18.4 Å². The molecule has 0 heterocycles. The summed E-state index contributed by atoms with van der Waals surface area (Å²) in [7, 11) is 0. The van der Waals surface area contributed by atoms with Gasteiger partial charge in [0.2, 0.25) is 0 Å². The normalized spacial score (nSPS) is 19.9. The van der Waals surface area contributed by atoms with E-state index in [1.165, 1.54) is 25.0 Å². The molecule has 1 aliphatic carbocycles. The fraction of sp³-hybridized carbons (Fsp3) is 0.500. The second-order valence-electron chi connectivity index (χ2n) is 4.40. The summed E-state index contributed by atoms with van der Waals surface area (Å²) in [5.41, 5.74) is 1.00. The molecule has 1 saturated carbocycles. The van der Waals surface area contributed by atoms with E-state index in [9.17, 15) is 8.78 Å². The third-order valence-electron chi connectivity index (χ3n) is 3.32. The van der Waals surface area contributed by atoms with Gasteiger partial charge in [-0.1, -0.05) is 25.8 Å². The molecular weight excluding hydrogens is 182 g/mol. The van der Waals surface area contributed by atoms with Gasteiger partial charge >= 0.3 is 0 Å². The van der Waals surface area contributed by atoms with Crippen molar-refractivity contribution in [3.05, 3.63) is 35.4 Å².